The molecule has 2 aromatic rings. The summed E-state index contributed by atoms with van der Waals surface area (Å²) in [5.74, 6) is 1.23. The van der Waals surface area contributed by atoms with Crippen molar-refractivity contribution in [2.75, 3.05) is 26.2 Å². The Kier molecular flexibility index (Phi) is 5.18. The summed E-state index contributed by atoms with van der Waals surface area (Å²) < 4.78 is 15.8. The smallest absolute Gasteiger partial charge is 0.298 e. The molecule has 1 saturated heterocycles. The number of methoxy groups -OCH3 is 3. The van der Waals surface area contributed by atoms with E-state index in [9.17, 15) is 9.59 Å². The highest BCUT2D eigenvalue weighted by Gasteiger charge is 2.36. The van der Waals surface area contributed by atoms with Gasteiger partial charge < -0.3 is 14.2 Å². The van der Waals surface area contributed by atoms with E-state index in [1.807, 2.05) is 0 Å². The maximum Gasteiger partial charge on any atom is 0.298 e. The van der Waals surface area contributed by atoms with Gasteiger partial charge in [0, 0.05) is 11.6 Å². The number of para-hydroxylation sites is 1. The maximum absolute atomic E-state index is 12.8. The minimum Gasteiger partial charge on any atom is -0.497 e. The SMILES string of the molecule is COc1cccc(N2C(=O)S/C(=C\c3cccc(OC)c3OC)C2=O)c1. The third-order valence-electron chi connectivity index (χ3n) is 3.83. The fourth-order valence-electron chi connectivity index (χ4n) is 2.61. The van der Waals surface area contributed by atoms with Gasteiger partial charge in [-0.15, -0.1) is 0 Å². The van der Waals surface area contributed by atoms with Crippen LogP contribution in [0.2, 0.25) is 0 Å². The quantitative estimate of drug-likeness (QED) is 0.742. The lowest BCUT2D eigenvalue weighted by atomic mass is 10.1. The van der Waals surface area contributed by atoms with Gasteiger partial charge in [0.1, 0.15) is 5.75 Å². The van der Waals surface area contributed by atoms with Crippen molar-refractivity contribution >= 4 is 34.7 Å². The number of ether oxygens (including phenoxy) is 3. The van der Waals surface area contributed by atoms with E-state index in [0.717, 1.165) is 16.7 Å². The summed E-state index contributed by atoms with van der Waals surface area (Å²) in [5.41, 5.74) is 1.12. The predicted molar refractivity (Wildman–Crippen MR) is 101 cm³/mol. The number of rotatable bonds is 5. The first-order valence-corrected chi connectivity index (χ1v) is 8.53. The first kappa shape index (κ1) is 17.9. The summed E-state index contributed by atoms with van der Waals surface area (Å²) in [5, 5.41) is -0.364. The van der Waals surface area contributed by atoms with Gasteiger partial charge in [0.05, 0.1) is 31.9 Å². The highest BCUT2D eigenvalue weighted by molar-refractivity contribution is 8.19. The number of anilines is 1. The highest BCUT2D eigenvalue weighted by Crippen LogP contribution is 2.39. The molecule has 2 aromatic carbocycles. The molecule has 0 saturated carbocycles. The molecule has 3 rings (SSSR count). The molecule has 0 aromatic heterocycles. The number of hydrogen-bond acceptors (Lipinski definition) is 6. The molecule has 1 fully saturated rings. The van der Waals surface area contributed by atoms with Crippen LogP contribution in [0.4, 0.5) is 10.5 Å². The molecule has 0 radical (unpaired) electrons. The van der Waals surface area contributed by atoms with Crippen molar-refractivity contribution < 1.29 is 23.8 Å². The Labute approximate surface area is 155 Å². The van der Waals surface area contributed by atoms with E-state index in [1.54, 1.807) is 48.5 Å². The van der Waals surface area contributed by atoms with Gasteiger partial charge >= 0.3 is 0 Å². The Morgan fingerprint density at radius 1 is 0.962 bits per heavy atom. The number of benzene rings is 2. The fourth-order valence-corrected chi connectivity index (χ4v) is 3.44. The largest absolute Gasteiger partial charge is 0.497 e. The minimum absolute atomic E-state index is 0.310. The highest BCUT2D eigenvalue weighted by atomic mass is 32.2. The molecule has 0 bridgehead atoms. The number of amides is 2. The van der Waals surface area contributed by atoms with E-state index < -0.39 is 5.91 Å². The van der Waals surface area contributed by atoms with Crippen molar-refractivity contribution in [2.24, 2.45) is 0 Å². The van der Waals surface area contributed by atoms with Crippen molar-refractivity contribution in [3.05, 3.63) is 52.9 Å². The zero-order valence-electron chi connectivity index (χ0n) is 14.5. The molecule has 1 aliphatic heterocycles. The van der Waals surface area contributed by atoms with Crippen molar-refractivity contribution in [3.8, 4) is 17.2 Å². The molecular weight excluding hydrogens is 354 g/mol. The first-order valence-electron chi connectivity index (χ1n) is 7.72. The monoisotopic (exact) mass is 371 g/mol. The standard InChI is InChI=1S/C19H17NO5S/c1-23-14-8-5-7-13(11-14)20-18(21)16(26-19(20)22)10-12-6-4-9-15(24-2)17(12)25-3/h4-11H,1-3H3/b16-10-. The third-order valence-corrected chi connectivity index (χ3v) is 4.69. The number of thioether (sulfide) groups is 1. The van der Waals surface area contributed by atoms with E-state index in [2.05, 4.69) is 0 Å². The number of nitrogens with zero attached hydrogens (tertiary/aromatic N) is 1. The summed E-state index contributed by atoms with van der Waals surface area (Å²) in [6.45, 7) is 0. The van der Waals surface area contributed by atoms with Crippen LogP contribution in [-0.2, 0) is 4.79 Å². The van der Waals surface area contributed by atoms with E-state index in [4.69, 9.17) is 14.2 Å². The second-order valence-corrected chi connectivity index (χ2v) is 6.29. The van der Waals surface area contributed by atoms with Gasteiger partial charge in [0.2, 0.25) is 0 Å². The molecule has 7 heteroatoms. The topological polar surface area (TPSA) is 65.1 Å². The zero-order chi connectivity index (χ0) is 18.7. The lowest BCUT2D eigenvalue weighted by molar-refractivity contribution is -0.113. The molecule has 0 N–H and O–H groups in total. The van der Waals surface area contributed by atoms with Crippen LogP contribution in [0.5, 0.6) is 17.2 Å². The van der Waals surface area contributed by atoms with E-state index in [-0.39, 0.29) is 5.24 Å². The van der Waals surface area contributed by atoms with Crippen LogP contribution in [0, 0.1) is 0 Å². The molecule has 0 atom stereocenters. The van der Waals surface area contributed by atoms with Crippen molar-refractivity contribution in [2.45, 2.75) is 0 Å². The molecular formula is C19H17NO5S. The normalized spacial score (nSPS) is 15.5. The zero-order valence-corrected chi connectivity index (χ0v) is 15.3. The first-order chi connectivity index (χ1) is 12.6. The molecule has 0 unspecified atom stereocenters. The minimum atomic E-state index is -0.391. The Hall–Kier alpha value is -2.93. The summed E-state index contributed by atoms with van der Waals surface area (Å²) in [6, 6.07) is 12.2. The summed E-state index contributed by atoms with van der Waals surface area (Å²) >= 11 is 0.879. The number of hydrogen-bond donors (Lipinski definition) is 0. The second-order valence-electron chi connectivity index (χ2n) is 5.30. The molecule has 0 aliphatic carbocycles. The van der Waals surface area contributed by atoms with E-state index in [1.165, 1.54) is 21.3 Å². The molecule has 2 amide bonds. The van der Waals surface area contributed by atoms with Crippen LogP contribution in [0.25, 0.3) is 6.08 Å². The molecule has 134 valence electrons. The van der Waals surface area contributed by atoms with Crippen LogP contribution >= 0.6 is 11.8 Å². The molecule has 1 heterocycles. The lowest BCUT2D eigenvalue weighted by Gasteiger charge is -2.13. The van der Waals surface area contributed by atoms with Crippen LogP contribution in [-0.4, -0.2) is 32.5 Å². The van der Waals surface area contributed by atoms with Gasteiger partial charge in [-0.05, 0) is 36.0 Å². The average Bonchev–Trinajstić information content (AvgIpc) is 2.94. The predicted octanol–water partition coefficient (Wildman–Crippen LogP) is 3.95. The molecule has 1 aliphatic rings. The molecule has 0 spiro atoms. The second kappa shape index (κ2) is 7.53. The van der Waals surface area contributed by atoms with Crippen molar-refractivity contribution in [1.29, 1.82) is 0 Å². The summed E-state index contributed by atoms with van der Waals surface area (Å²) in [4.78, 5) is 26.6. The fraction of sp³-hybridized carbons (Fsp3) is 0.158. The Morgan fingerprint density at radius 2 is 1.73 bits per heavy atom. The van der Waals surface area contributed by atoms with Crippen LogP contribution < -0.4 is 19.1 Å². The third kappa shape index (κ3) is 3.25. The number of carbonyl (C=O) groups is 2. The summed E-state index contributed by atoms with van der Waals surface area (Å²) in [7, 11) is 4.59. The summed E-state index contributed by atoms with van der Waals surface area (Å²) in [6.07, 6.45) is 1.63. The molecule has 6 nitrogen and oxygen atoms in total. The molecule has 26 heavy (non-hydrogen) atoms. The maximum atomic E-state index is 12.8. The Bertz CT molecular complexity index is 893. The van der Waals surface area contributed by atoms with Gasteiger partial charge in [-0.1, -0.05) is 18.2 Å². The number of imide groups is 1. The Morgan fingerprint density at radius 3 is 2.42 bits per heavy atom. The lowest BCUT2D eigenvalue weighted by Crippen LogP contribution is -2.27. The van der Waals surface area contributed by atoms with Gasteiger partial charge in [-0.3, -0.25) is 9.59 Å². The average molecular weight is 371 g/mol. The van der Waals surface area contributed by atoms with E-state index in [0.29, 0.717) is 33.4 Å². The van der Waals surface area contributed by atoms with Crippen LogP contribution in [0.1, 0.15) is 5.56 Å². The van der Waals surface area contributed by atoms with Crippen LogP contribution in [0.15, 0.2) is 47.4 Å². The van der Waals surface area contributed by atoms with E-state index >= 15 is 0 Å². The van der Waals surface area contributed by atoms with Gasteiger partial charge in [0.15, 0.2) is 11.5 Å². The van der Waals surface area contributed by atoms with Gasteiger partial charge in [-0.2, -0.15) is 0 Å². The van der Waals surface area contributed by atoms with Gasteiger partial charge in [0.25, 0.3) is 11.1 Å². The van der Waals surface area contributed by atoms with Crippen molar-refractivity contribution in [3.63, 3.8) is 0 Å². The number of carbonyl (C=O) groups excluding carboxylic acids is 2. The van der Waals surface area contributed by atoms with Gasteiger partial charge in [-0.25, -0.2) is 4.90 Å². The Balaban J connectivity index is 1.98. The van der Waals surface area contributed by atoms with Crippen molar-refractivity contribution in [1.82, 2.24) is 0 Å². The van der Waals surface area contributed by atoms with Crippen LogP contribution in [0.3, 0.4) is 0 Å².